The lowest BCUT2D eigenvalue weighted by Gasteiger charge is -2.42. The molecule has 1 atom stereocenters. The Hall–Kier alpha value is -0.0800. The molecular weight excluding hydrogens is 184 g/mol. The van der Waals surface area contributed by atoms with Crippen LogP contribution in [0.1, 0.15) is 44.9 Å². The van der Waals surface area contributed by atoms with Crippen LogP contribution in [-0.4, -0.2) is 36.6 Å². The van der Waals surface area contributed by atoms with E-state index < -0.39 is 0 Å². The average molecular weight is 208 g/mol. The summed E-state index contributed by atoms with van der Waals surface area (Å²) in [4.78, 5) is 2.82. The highest BCUT2D eigenvalue weighted by Crippen LogP contribution is 2.38. The SMILES string of the molecule is C1CNCC2(C1)CCCN2CCC1CC1. The molecule has 1 spiro atoms. The molecule has 2 saturated heterocycles. The highest BCUT2D eigenvalue weighted by molar-refractivity contribution is 4.99. The zero-order valence-corrected chi connectivity index (χ0v) is 9.80. The first-order valence-electron chi connectivity index (χ1n) is 6.85. The van der Waals surface area contributed by atoms with Gasteiger partial charge in [0.15, 0.2) is 0 Å². The molecule has 2 aliphatic heterocycles. The largest absolute Gasteiger partial charge is 0.315 e. The fourth-order valence-electron chi connectivity index (χ4n) is 3.52. The fraction of sp³-hybridized carbons (Fsp3) is 1.00. The van der Waals surface area contributed by atoms with Crippen LogP contribution in [0.3, 0.4) is 0 Å². The number of rotatable bonds is 3. The molecule has 2 nitrogen and oxygen atoms in total. The molecule has 1 saturated carbocycles. The lowest BCUT2D eigenvalue weighted by atomic mass is 9.87. The number of piperidine rings is 1. The molecule has 0 aromatic carbocycles. The van der Waals surface area contributed by atoms with Crippen molar-refractivity contribution in [2.45, 2.75) is 50.5 Å². The Morgan fingerprint density at radius 1 is 1.20 bits per heavy atom. The molecule has 3 aliphatic rings. The molecule has 0 radical (unpaired) electrons. The zero-order chi connectivity index (χ0) is 10.1. The van der Waals surface area contributed by atoms with Gasteiger partial charge in [-0.25, -0.2) is 0 Å². The van der Waals surface area contributed by atoms with E-state index in [-0.39, 0.29) is 0 Å². The molecule has 3 fully saturated rings. The Balaban J connectivity index is 1.59. The van der Waals surface area contributed by atoms with Gasteiger partial charge in [0.1, 0.15) is 0 Å². The van der Waals surface area contributed by atoms with Crippen LogP contribution in [0.5, 0.6) is 0 Å². The summed E-state index contributed by atoms with van der Waals surface area (Å²) in [6.07, 6.45) is 10.2. The van der Waals surface area contributed by atoms with Crippen molar-refractivity contribution in [1.82, 2.24) is 10.2 Å². The second-order valence-electron chi connectivity index (χ2n) is 5.83. The van der Waals surface area contributed by atoms with E-state index in [0.717, 1.165) is 5.92 Å². The fourth-order valence-corrected chi connectivity index (χ4v) is 3.52. The minimum atomic E-state index is 0.577. The minimum Gasteiger partial charge on any atom is -0.315 e. The molecular formula is C13H24N2. The minimum absolute atomic E-state index is 0.577. The number of likely N-dealkylation sites (tertiary alicyclic amines) is 1. The molecule has 0 amide bonds. The van der Waals surface area contributed by atoms with E-state index in [9.17, 15) is 0 Å². The van der Waals surface area contributed by atoms with Gasteiger partial charge in [-0.2, -0.15) is 0 Å². The second-order valence-corrected chi connectivity index (χ2v) is 5.83. The van der Waals surface area contributed by atoms with E-state index >= 15 is 0 Å². The highest BCUT2D eigenvalue weighted by Gasteiger charge is 2.41. The Bertz CT molecular complexity index is 217. The maximum absolute atomic E-state index is 3.61. The maximum Gasteiger partial charge on any atom is 0.0334 e. The van der Waals surface area contributed by atoms with Crippen LogP contribution in [0.4, 0.5) is 0 Å². The van der Waals surface area contributed by atoms with Crippen molar-refractivity contribution in [2.24, 2.45) is 5.92 Å². The van der Waals surface area contributed by atoms with Crippen LogP contribution in [-0.2, 0) is 0 Å². The topological polar surface area (TPSA) is 15.3 Å². The molecule has 3 rings (SSSR count). The Morgan fingerprint density at radius 2 is 2.07 bits per heavy atom. The Labute approximate surface area is 93.4 Å². The third-order valence-corrected chi connectivity index (χ3v) is 4.69. The van der Waals surface area contributed by atoms with E-state index in [2.05, 4.69) is 10.2 Å². The Kier molecular flexibility index (Phi) is 2.73. The van der Waals surface area contributed by atoms with Gasteiger partial charge in [0.2, 0.25) is 0 Å². The van der Waals surface area contributed by atoms with Gasteiger partial charge in [-0.15, -0.1) is 0 Å². The van der Waals surface area contributed by atoms with Crippen molar-refractivity contribution in [3.63, 3.8) is 0 Å². The van der Waals surface area contributed by atoms with Crippen molar-refractivity contribution in [2.75, 3.05) is 26.2 Å². The predicted octanol–water partition coefficient (Wildman–Crippen LogP) is 2.00. The molecule has 2 heteroatoms. The van der Waals surface area contributed by atoms with Crippen LogP contribution in [0, 0.1) is 5.92 Å². The van der Waals surface area contributed by atoms with Gasteiger partial charge in [0.25, 0.3) is 0 Å². The zero-order valence-electron chi connectivity index (χ0n) is 9.80. The number of hydrogen-bond donors (Lipinski definition) is 1. The summed E-state index contributed by atoms with van der Waals surface area (Å²) >= 11 is 0. The third-order valence-electron chi connectivity index (χ3n) is 4.69. The molecule has 2 heterocycles. The number of hydrogen-bond acceptors (Lipinski definition) is 2. The molecule has 86 valence electrons. The molecule has 1 aliphatic carbocycles. The lowest BCUT2D eigenvalue weighted by molar-refractivity contribution is 0.102. The first kappa shape index (κ1) is 10.1. The maximum atomic E-state index is 3.61. The van der Waals surface area contributed by atoms with Gasteiger partial charge in [0, 0.05) is 12.1 Å². The van der Waals surface area contributed by atoms with E-state index in [1.807, 2.05) is 0 Å². The van der Waals surface area contributed by atoms with Crippen molar-refractivity contribution < 1.29 is 0 Å². The van der Waals surface area contributed by atoms with Gasteiger partial charge in [-0.05, 0) is 57.7 Å². The van der Waals surface area contributed by atoms with Gasteiger partial charge >= 0.3 is 0 Å². The van der Waals surface area contributed by atoms with Crippen molar-refractivity contribution >= 4 is 0 Å². The van der Waals surface area contributed by atoms with Crippen LogP contribution >= 0.6 is 0 Å². The van der Waals surface area contributed by atoms with Gasteiger partial charge in [-0.3, -0.25) is 4.90 Å². The van der Waals surface area contributed by atoms with E-state index in [0.29, 0.717) is 5.54 Å². The van der Waals surface area contributed by atoms with Crippen LogP contribution < -0.4 is 5.32 Å². The van der Waals surface area contributed by atoms with Gasteiger partial charge < -0.3 is 5.32 Å². The van der Waals surface area contributed by atoms with E-state index in [4.69, 9.17) is 0 Å². The smallest absolute Gasteiger partial charge is 0.0334 e. The Morgan fingerprint density at radius 3 is 2.80 bits per heavy atom. The monoisotopic (exact) mass is 208 g/mol. The van der Waals surface area contributed by atoms with E-state index in [1.165, 1.54) is 71.1 Å². The highest BCUT2D eigenvalue weighted by atomic mass is 15.2. The predicted molar refractivity (Wildman–Crippen MR) is 63.0 cm³/mol. The summed E-state index contributed by atoms with van der Waals surface area (Å²) in [6.45, 7) is 5.26. The molecule has 1 N–H and O–H groups in total. The molecule has 0 aromatic rings. The summed E-state index contributed by atoms with van der Waals surface area (Å²) in [5, 5.41) is 3.61. The summed E-state index contributed by atoms with van der Waals surface area (Å²) in [5.74, 6) is 1.10. The first-order valence-corrected chi connectivity index (χ1v) is 6.85. The van der Waals surface area contributed by atoms with Gasteiger partial charge in [-0.1, -0.05) is 12.8 Å². The summed E-state index contributed by atoms with van der Waals surface area (Å²) in [6, 6.07) is 0. The molecule has 0 aromatic heterocycles. The summed E-state index contributed by atoms with van der Waals surface area (Å²) in [5.41, 5.74) is 0.577. The summed E-state index contributed by atoms with van der Waals surface area (Å²) < 4.78 is 0. The molecule has 0 bridgehead atoms. The van der Waals surface area contributed by atoms with Gasteiger partial charge in [0.05, 0.1) is 0 Å². The quantitative estimate of drug-likeness (QED) is 0.763. The van der Waals surface area contributed by atoms with Crippen molar-refractivity contribution in [3.8, 4) is 0 Å². The molecule has 15 heavy (non-hydrogen) atoms. The molecule has 1 unspecified atom stereocenters. The van der Waals surface area contributed by atoms with E-state index in [1.54, 1.807) is 0 Å². The lowest BCUT2D eigenvalue weighted by Crippen LogP contribution is -2.54. The number of nitrogens with one attached hydrogen (secondary N) is 1. The van der Waals surface area contributed by atoms with Crippen LogP contribution in [0.15, 0.2) is 0 Å². The normalized spacial score (nSPS) is 37.6. The first-order chi connectivity index (χ1) is 7.39. The summed E-state index contributed by atoms with van der Waals surface area (Å²) in [7, 11) is 0. The van der Waals surface area contributed by atoms with Crippen molar-refractivity contribution in [1.29, 1.82) is 0 Å². The average Bonchev–Trinajstić information content (AvgIpc) is 3.02. The van der Waals surface area contributed by atoms with Crippen LogP contribution in [0.2, 0.25) is 0 Å². The third kappa shape index (κ3) is 2.07. The second kappa shape index (κ2) is 4.06. The number of nitrogens with zero attached hydrogens (tertiary/aromatic N) is 1. The van der Waals surface area contributed by atoms with Crippen LogP contribution in [0.25, 0.3) is 0 Å². The standard InChI is InChI=1S/C13H24N2/c1-6-13(11-14-8-1)7-2-9-15(13)10-5-12-3-4-12/h12,14H,1-11H2. The van der Waals surface area contributed by atoms with Crippen molar-refractivity contribution in [3.05, 3.63) is 0 Å².